The Morgan fingerprint density at radius 3 is 2.78 bits per heavy atom. The van der Waals surface area contributed by atoms with Gasteiger partial charge in [0.05, 0.1) is 0 Å². The number of halogens is 1. The van der Waals surface area contributed by atoms with Crippen molar-refractivity contribution in [3.05, 3.63) is 17.3 Å². The number of carbonyl (C=O) groups excluding carboxylic acids is 1. The first-order chi connectivity index (χ1) is 4.61. The quantitative estimate of drug-likeness (QED) is 0.599. The molecule has 4 nitrogen and oxygen atoms in total. The van der Waals surface area contributed by atoms with Gasteiger partial charge in [-0.1, -0.05) is 0 Å². The van der Waals surface area contributed by atoms with E-state index in [1.54, 1.807) is 0 Å². The molecular weight excluding hydrogens is 186 g/mol. The molecule has 0 aliphatic heterocycles. The van der Waals surface area contributed by atoms with Gasteiger partial charge in [-0.25, -0.2) is 0 Å². The molecular formula is C4H2BrN3O. The molecule has 5 heteroatoms. The monoisotopic (exact) mass is 188 g/mol. The summed E-state index contributed by atoms with van der Waals surface area (Å²) in [7, 11) is 5.05. The van der Waals surface area contributed by atoms with Gasteiger partial charge in [0, 0.05) is 0 Å². The second-order valence-corrected chi connectivity index (χ2v) is 2.01. The molecule has 1 heterocycles. The number of hydrogen-bond donors (Lipinski definition) is 0. The maximum atomic E-state index is 10.3. The standard InChI is InChI=1S/C4H2BrN3O/c1-8-6-3(2-9)4(5)7-8/h1-2H/i2D. The van der Waals surface area contributed by atoms with Crippen LogP contribution in [0.1, 0.15) is 11.9 Å². The van der Waals surface area contributed by atoms with Crippen molar-refractivity contribution in [3.63, 3.8) is 0 Å². The molecule has 1 rings (SSSR count). The highest BCUT2D eigenvalue weighted by atomic mass is 79.9. The fraction of sp³-hybridized carbons (Fsp3) is 0. The van der Waals surface area contributed by atoms with Crippen LogP contribution in [0, 0.1) is 7.05 Å². The van der Waals surface area contributed by atoms with Crippen molar-refractivity contribution in [2.45, 2.75) is 0 Å². The predicted molar refractivity (Wildman–Crippen MR) is 32.8 cm³/mol. The highest BCUT2D eigenvalue weighted by molar-refractivity contribution is 9.10. The normalized spacial score (nSPS) is 11.1. The molecule has 0 aromatic carbocycles. The third-order valence-corrected chi connectivity index (χ3v) is 1.22. The summed E-state index contributed by atoms with van der Waals surface area (Å²) in [5, 5.41) is 6.90. The first-order valence-electron chi connectivity index (χ1n) is 2.50. The lowest BCUT2D eigenvalue weighted by Crippen LogP contribution is -1.89. The molecule has 0 unspecified atom stereocenters. The lowest BCUT2D eigenvalue weighted by atomic mass is 10.6. The number of nitrogens with zero attached hydrogens (tertiary/aromatic N) is 3. The molecule has 1 aromatic heterocycles. The van der Waals surface area contributed by atoms with Crippen LogP contribution in [0.25, 0.3) is 0 Å². The van der Waals surface area contributed by atoms with Gasteiger partial charge in [-0.15, -0.1) is 10.2 Å². The Morgan fingerprint density at radius 1 is 1.89 bits per heavy atom. The molecule has 0 aliphatic rings. The van der Waals surface area contributed by atoms with E-state index in [2.05, 4.69) is 26.1 Å². The zero-order valence-electron chi connectivity index (χ0n) is 5.21. The van der Waals surface area contributed by atoms with Crippen molar-refractivity contribution >= 4 is 22.2 Å². The maximum absolute atomic E-state index is 10.3. The Hall–Kier alpha value is -0.710. The van der Waals surface area contributed by atoms with Crippen molar-refractivity contribution in [3.8, 4) is 0 Å². The van der Waals surface area contributed by atoms with Gasteiger partial charge in [0.15, 0.2) is 16.6 Å². The number of carbonyl (C=O) groups is 1. The van der Waals surface area contributed by atoms with Crippen molar-refractivity contribution < 1.29 is 6.17 Å². The minimum Gasteiger partial charge on any atom is -0.296 e. The van der Waals surface area contributed by atoms with E-state index >= 15 is 0 Å². The lowest BCUT2D eigenvalue weighted by molar-refractivity contribution is 0.111. The smallest absolute Gasteiger partial charge is 0.173 e. The topological polar surface area (TPSA) is 47.8 Å². The van der Waals surface area contributed by atoms with Crippen LogP contribution in [-0.4, -0.2) is 21.3 Å². The van der Waals surface area contributed by atoms with Gasteiger partial charge in [-0.3, -0.25) is 4.79 Å². The van der Waals surface area contributed by atoms with Crippen molar-refractivity contribution in [2.75, 3.05) is 0 Å². The maximum Gasteiger partial charge on any atom is 0.173 e. The molecule has 46 valence electrons. The van der Waals surface area contributed by atoms with Gasteiger partial charge < -0.3 is 0 Å². The zero-order valence-corrected chi connectivity index (χ0v) is 5.79. The highest BCUT2D eigenvalue weighted by Crippen LogP contribution is 2.06. The van der Waals surface area contributed by atoms with Crippen LogP contribution in [0.5, 0.6) is 0 Å². The van der Waals surface area contributed by atoms with E-state index in [0.717, 1.165) is 4.80 Å². The summed E-state index contributed by atoms with van der Waals surface area (Å²) in [6.07, 6.45) is -0.913. The minimum absolute atomic E-state index is 0.0810. The number of aldehydes is 1. The Bertz CT molecular complexity index is 271. The third kappa shape index (κ3) is 1.16. The lowest BCUT2D eigenvalue weighted by Gasteiger charge is -1.75. The van der Waals surface area contributed by atoms with Crippen LogP contribution < -0.4 is 0 Å². The van der Waals surface area contributed by atoms with E-state index in [0.29, 0.717) is 0 Å². The Balaban J connectivity index is 3.15. The molecule has 0 saturated heterocycles. The third-order valence-electron chi connectivity index (χ3n) is 0.685. The molecule has 0 amide bonds. The highest BCUT2D eigenvalue weighted by Gasteiger charge is 2.02. The summed E-state index contributed by atoms with van der Waals surface area (Å²) >= 11 is 2.90. The summed E-state index contributed by atoms with van der Waals surface area (Å²) < 4.78 is 6.82. The molecule has 9 heavy (non-hydrogen) atoms. The zero-order chi connectivity index (χ0) is 7.72. The van der Waals surface area contributed by atoms with Crippen molar-refractivity contribution in [1.82, 2.24) is 15.0 Å². The molecule has 0 saturated carbocycles. The van der Waals surface area contributed by atoms with Crippen molar-refractivity contribution in [1.29, 1.82) is 0 Å². The van der Waals surface area contributed by atoms with Gasteiger partial charge in [0.2, 0.25) is 0 Å². The van der Waals surface area contributed by atoms with E-state index in [4.69, 9.17) is 8.42 Å². The van der Waals surface area contributed by atoms with E-state index < -0.39 is 6.26 Å². The van der Waals surface area contributed by atoms with Gasteiger partial charge in [0.1, 0.15) is 8.42 Å². The Labute approximate surface area is 61.4 Å². The average Bonchev–Trinajstić information content (AvgIpc) is 2.10. The largest absolute Gasteiger partial charge is 0.296 e. The Morgan fingerprint density at radius 2 is 2.56 bits per heavy atom. The van der Waals surface area contributed by atoms with Gasteiger partial charge in [0.25, 0.3) is 0 Å². The Kier molecular flexibility index (Phi) is 1.28. The predicted octanol–water partition coefficient (Wildman–Crippen LogP) is 0.370. The summed E-state index contributed by atoms with van der Waals surface area (Å²) in [5.74, 6) is 0. The van der Waals surface area contributed by atoms with E-state index in [-0.39, 0.29) is 10.3 Å². The number of rotatable bonds is 1. The fourth-order valence-electron chi connectivity index (χ4n) is 0.366. The summed E-state index contributed by atoms with van der Waals surface area (Å²) in [6, 6.07) is 0. The van der Waals surface area contributed by atoms with E-state index in [1.165, 1.54) is 0 Å². The van der Waals surface area contributed by atoms with Crippen LogP contribution in [0.3, 0.4) is 0 Å². The average molecular weight is 189 g/mol. The second-order valence-electron chi connectivity index (χ2n) is 1.26. The molecule has 2 radical (unpaired) electrons. The molecule has 0 atom stereocenters. The molecule has 1 aromatic rings. The van der Waals surface area contributed by atoms with Crippen LogP contribution in [0.15, 0.2) is 4.60 Å². The van der Waals surface area contributed by atoms with E-state index in [9.17, 15) is 4.79 Å². The second kappa shape index (κ2) is 2.26. The van der Waals surface area contributed by atoms with Gasteiger partial charge in [-0.05, 0) is 15.9 Å². The van der Waals surface area contributed by atoms with Gasteiger partial charge in [-0.2, -0.15) is 4.80 Å². The van der Waals surface area contributed by atoms with Crippen LogP contribution in [-0.2, 0) is 0 Å². The number of aromatic nitrogens is 3. The SMILES string of the molecule is [2H]C(=O)c1nn([CH])nc1Br. The first kappa shape index (κ1) is 5.10. The molecule has 0 N–H and O–H groups in total. The minimum atomic E-state index is -0.913. The first-order valence-corrected chi connectivity index (χ1v) is 2.79. The van der Waals surface area contributed by atoms with Crippen LogP contribution >= 0.6 is 15.9 Å². The molecule has 0 aliphatic carbocycles. The van der Waals surface area contributed by atoms with Crippen LogP contribution in [0.2, 0.25) is 0 Å². The number of hydrogen-bond acceptors (Lipinski definition) is 3. The summed E-state index contributed by atoms with van der Waals surface area (Å²) in [4.78, 5) is 11.1. The summed E-state index contributed by atoms with van der Waals surface area (Å²) in [5.41, 5.74) is -0.0810. The molecule has 0 spiro atoms. The fourth-order valence-corrected chi connectivity index (χ4v) is 0.689. The van der Waals surface area contributed by atoms with Gasteiger partial charge >= 0.3 is 0 Å². The van der Waals surface area contributed by atoms with E-state index in [1.807, 2.05) is 0 Å². The van der Waals surface area contributed by atoms with Crippen molar-refractivity contribution in [2.24, 2.45) is 0 Å². The molecule has 0 bridgehead atoms. The van der Waals surface area contributed by atoms with Crippen LogP contribution in [0.4, 0.5) is 0 Å². The molecule has 0 fully saturated rings. The summed E-state index contributed by atoms with van der Waals surface area (Å²) in [6.45, 7) is 0.